The van der Waals surface area contributed by atoms with E-state index in [1.165, 1.54) is 40.3 Å². The Morgan fingerprint density at radius 1 is 1.06 bits per heavy atom. The number of hydrogen-bond donors (Lipinski definition) is 1. The van der Waals surface area contributed by atoms with Crippen molar-refractivity contribution in [1.82, 2.24) is 19.1 Å². The molecular formula is C22H24FN5O3S2. The first-order valence-corrected chi connectivity index (χ1v) is 12.8. The van der Waals surface area contributed by atoms with Gasteiger partial charge in [0.2, 0.25) is 15.9 Å². The van der Waals surface area contributed by atoms with Crippen LogP contribution in [0, 0.1) is 5.82 Å². The molecule has 1 aromatic heterocycles. The fraction of sp³-hybridized carbons (Fsp3) is 0.318. The molecule has 174 valence electrons. The predicted octanol–water partition coefficient (Wildman–Crippen LogP) is 3.53. The van der Waals surface area contributed by atoms with Gasteiger partial charge in [0.05, 0.1) is 10.1 Å². The number of carbonyl (C=O) groups is 1. The molecular weight excluding hydrogens is 465 g/mol. The van der Waals surface area contributed by atoms with Gasteiger partial charge in [-0.3, -0.25) is 4.79 Å². The average molecular weight is 490 g/mol. The van der Waals surface area contributed by atoms with Gasteiger partial charge in [0, 0.05) is 31.4 Å². The molecule has 1 saturated heterocycles. The molecule has 1 amide bonds. The Labute approximate surface area is 196 Å². The summed E-state index contributed by atoms with van der Waals surface area (Å²) in [6.07, 6.45) is 1.75. The first-order valence-electron chi connectivity index (χ1n) is 10.5. The molecule has 11 heteroatoms. The molecule has 8 nitrogen and oxygen atoms in total. The molecule has 0 saturated carbocycles. The maximum Gasteiger partial charge on any atom is 0.243 e. The zero-order valence-corrected chi connectivity index (χ0v) is 19.9. The molecule has 4 rings (SSSR count). The van der Waals surface area contributed by atoms with Crippen molar-refractivity contribution in [2.45, 2.75) is 35.1 Å². The monoisotopic (exact) mass is 489 g/mol. The largest absolute Gasteiger partial charge is 0.325 e. The van der Waals surface area contributed by atoms with Crippen LogP contribution < -0.4 is 5.32 Å². The molecule has 2 heterocycles. The number of benzene rings is 2. The molecule has 0 bridgehead atoms. The topological polar surface area (TPSA) is 97.2 Å². The number of nitrogens with one attached hydrogen (secondary N) is 1. The minimum atomic E-state index is -3.49. The fourth-order valence-corrected chi connectivity index (χ4v) is 5.84. The minimum absolute atomic E-state index is 0.220. The lowest BCUT2D eigenvalue weighted by Gasteiger charge is -2.16. The summed E-state index contributed by atoms with van der Waals surface area (Å²) in [6.45, 7) is 2.83. The highest BCUT2D eigenvalue weighted by Gasteiger charge is 2.27. The van der Waals surface area contributed by atoms with Crippen LogP contribution in [0.4, 0.5) is 10.1 Å². The minimum Gasteiger partial charge on any atom is -0.325 e. The lowest BCUT2D eigenvalue weighted by molar-refractivity contribution is -0.115. The molecule has 1 fully saturated rings. The standard InChI is InChI=1S/C22H24FN5O3S2/c1-15(32-22-26-25-20(27(22)2)16-5-7-17(23)8-6-16)21(29)24-18-9-11-19(12-10-18)33(30,31)28-13-3-4-14-28/h5-12,15H,3-4,13-14H2,1-2H3,(H,24,29). The van der Waals surface area contributed by atoms with Gasteiger partial charge in [0.15, 0.2) is 11.0 Å². The summed E-state index contributed by atoms with van der Waals surface area (Å²) in [5, 5.41) is 11.2. The van der Waals surface area contributed by atoms with Crippen molar-refractivity contribution in [3.8, 4) is 11.4 Å². The van der Waals surface area contributed by atoms with E-state index >= 15 is 0 Å². The predicted molar refractivity (Wildman–Crippen MR) is 125 cm³/mol. The average Bonchev–Trinajstić information content (AvgIpc) is 3.46. The number of aromatic nitrogens is 3. The summed E-state index contributed by atoms with van der Waals surface area (Å²) in [4.78, 5) is 12.9. The van der Waals surface area contributed by atoms with Crippen molar-refractivity contribution < 1.29 is 17.6 Å². The number of amides is 1. The third-order valence-electron chi connectivity index (χ3n) is 5.41. The smallest absolute Gasteiger partial charge is 0.243 e. The van der Waals surface area contributed by atoms with Crippen molar-refractivity contribution in [3.63, 3.8) is 0 Å². The molecule has 33 heavy (non-hydrogen) atoms. The van der Waals surface area contributed by atoms with Crippen LogP contribution in [0.5, 0.6) is 0 Å². The molecule has 1 aliphatic rings. The summed E-state index contributed by atoms with van der Waals surface area (Å²) in [6, 6.07) is 12.2. The Balaban J connectivity index is 1.39. The van der Waals surface area contributed by atoms with Crippen LogP contribution in [0.25, 0.3) is 11.4 Å². The number of halogens is 1. The van der Waals surface area contributed by atoms with Crippen molar-refractivity contribution in [2.24, 2.45) is 7.05 Å². The second kappa shape index (κ2) is 9.62. The number of thioether (sulfide) groups is 1. The normalized spacial score (nSPS) is 15.5. The molecule has 1 aliphatic heterocycles. The maximum absolute atomic E-state index is 13.2. The maximum atomic E-state index is 13.2. The van der Waals surface area contributed by atoms with Crippen molar-refractivity contribution in [3.05, 3.63) is 54.3 Å². The molecule has 3 aromatic rings. The molecule has 0 aliphatic carbocycles. The summed E-state index contributed by atoms with van der Waals surface area (Å²) in [5.74, 6) is -0.0103. The van der Waals surface area contributed by atoms with Crippen LogP contribution >= 0.6 is 11.8 Å². The van der Waals surface area contributed by atoms with Gasteiger partial charge >= 0.3 is 0 Å². The van der Waals surface area contributed by atoms with E-state index in [4.69, 9.17) is 0 Å². The fourth-order valence-electron chi connectivity index (χ4n) is 3.51. The second-order valence-corrected chi connectivity index (χ2v) is 11.0. The van der Waals surface area contributed by atoms with Gasteiger partial charge < -0.3 is 9.88 Å². The Hall–Kier alpha value is -2.76. The zero-order valence-electron chi connectivity index (χ0n) is 18.2. The lowest BCUT2D eigenvalue weighted by atomic mass is 10.2. The van der Waals surface area contributed by atoms with E-state index in [1.54, 1.807) is 42.8 Å². The van der Waals surface area contributed by atoms with Crippen LogP contribution in [0.3, 0.4) is 0 Å². The Bertz CT molecular complexity index is 1240. The third kappa shape index (κ3) is 5.10. The first kappa shape index (κ1) is 23.4. The highest BCUT2D eigenvalue weighted by atomic mass is 32.2. The van der Waals surface area contributed by atoms with Gasteiger partial charge in [0.25, 0.3) is 0 Å². The van der Waals surface area contributed by atoms with E-state index in [0.29, 0.717) is 29.8 Å². The Kier molecular flexibility index (Phi) is 6.82. The highest BCUT2D eigenvalue weighted by molar-refractivity contribution is 8.00. The van der Waals surface area contributed by atoms with Gasteiger partial charge in [-0.15, -0.1) is 10.2 Å². The van der Waals surface area contributed by atoms with Gasteiger partial charge in [-0.05, 0) is 68.3 Å². The van der Waals surface area contributed by atoms with Gasteiger partial charge in [-0.1, -0.05) is 11.8 Å². The summed E-state index contributed by atoms with van der Waals surface area (Å²) < 4.78 is 41.7. The molecule has 1 atom stereocenters. The third-order valence-corrected chi connectivity index (χ3v) is 8.46. The lowest BCUT2D eigenvalue weighted by Crippen LogP contribution is -2.27. The quantitative estimate of drug-likeness (QED) is 0.510. The molecule has 0 radical (unpaired) electrons. The van der Waals surface area contributed by atoms with Crippen LogP contribution in [0.1, 0.15) is 19.8 Å². The van der Waals surface area contributed by atoms with Gasteiger partial charge in [-0.2, -0.15) is 4.31 Å². The number of hydrogen-bond acceptors (Lipinski definition) is 6. The van der Waals surface area contributed by atoms with Gasteiger partial charge in [0.1, 0.15) is 5.82 Å². The Morgan fingerprint density at radius 2 is 1.70 bits per heavy atom. The van der Waals surface area contributed by atoms with E-state index in [2.05, 4.69) is 15.5 Å². The zero-order chi connectivity index (χ0) is 23.6. The van der Waals surface area contributed by atoms with E-state index in [1.807, 2.05) is 0 Å². The Morgan fingerprint density at radius 3 is 2.33 bits per heavy atom. The molecule has 0 spiro atoms. The highest BCUT2D eigenvalue weighted by Crippen LogP contribution is 2.27. The molecule has 2 aromatic carbocycles. The second-order valence-electron chi connectivity index (χ2n) is 7.76. The molecule has 1 N–H and O–H groups in total. The van der Waals surface area contributed by atoms with Gasteiger partial charge in [-0.25, -0.2) is 12.8 Å². The van der Waals surface area contributed by atoms with Crippen molar-refractivity contribution >= 4 is 33.4 Å². The van der Waals surface area contributed by atoms with Crippen LogP contribution in [-0.4, -0.2) is 51.7 Å². The molecule has 1 unspecified atom stereocenters. The number of anilines is 1. The summed E-state index contributed by atoms with van der Waals surface area (Å²) >= 11 is 1.24. The first-order chi connectivity index (χ1) is 15.8. The number of nitrogens with zero attached hydrogens (tertiary/aromatic N) is 4. The number of carbonyl (C=O) groups excluding carboxylic acids is 1. The van der Waals surface area contributed by atoms with E-state index in [-0.39, 0.29) is 16.6 Å². The van der Waals surface area contributed by atoms with Crippen LogP contribution in [0.2, 0.25) is 0 Å². The summed E-state index contributed by atoms with van der Waals surface area (Å²) in [5.41, 5.74) is 1.23. The summed E-state index contributed by atoms with van der Waals surface area (Å²) in [7, 11) is -1.71. The van der Waals surface area contributed by atoms with Crippen LogP contribution in [-0.2, 0) is 21.9 Å². The van der Waals surface area contributed by atoms with Crippen LogP contribution in [0.15, 0.2) is 58.6 Å². The van der Waals surface area contributed by atoms with E-state index < -0.39 is 15.3 Å². The van der Waals surface area contributed by atoms with E-state index in [9.17, 15) is 17.6 Å². The van der Waals surface area contributed by atoms with Crippen molar-refractivity contribution in [2.75, 3.05) is 18.4 Å². The number of rotatable bonds is 7. The SMILES string of the molecule is CC(Sc1nnc(-c2ccc(F)cc2)n1C)C(=O)Nc1ccc(S(=O)(=O)N2CCCC2)cc1. The number of sulfonamides is 1. The van der Waals surface area contributed by atoms with E-state index in [0.717, 1.165) is 18.4 Å². The van der Waals surface area contributed by atoms with Crippen molar-refractivity contribution in [1.29, 1.82) is 0 Å².